The molecule has 0 aliphatic carbocycles. The van der Waals surface area contributed by atoms with Crippen LogP contribution in [0.25, 0.3) is 11.3 Å². The number of aromatic nitrogens is 1. The first-order valence-corrected chi connectivity index (χ1v) is 9.66. The molecule has 1 N–H and O–H groups in total. The van der Waals surface area contributed by atoms with Crippen LogP contribution in [-0.2, 0) is 9.53 Å². The number of ether oxygens (including phenoxy) is 1. The van der Waals surface area contributed by atoms with E-state index >= 15 is 0 Å². The van der Waals surface area contributed by atoms with Crippen LogP contribution in [0, 0.1) is 0 Å². The summed E-state index contributed by atoms with van der Waals surface area (Å²) in [5.41, 5.74) is 1.92. The molecule has 3 rings (SSSR count). The molecule has 0 atom stereocenters. The highest BCUT2D eigenvalue weighted by atomic mass is 79.9. The molecule has 0 aliphatic rings. The first kappa shape index (κ1) is 19.2. The largest absolute Gasteiger partial charge is 0.465 e. The zero-order chi connectivity index (χ0) is 19.2. The molecule has 0 bridgehead atoms. The lowest BCUT2D eigenvalue weighted by molar-refractivity contribution is -0.113. The van der Waals surface area contributed by atoms with Crippen LogP contribution in [0.2, 0.25) is 0 Å². The molecule has 0 saturated carbocycles. The molecular formula is C19H15BrN2O4S. The number of rotatable bonds is 6. The number of carbonyl (C=O) groups is 2. The predicted molar refractivity (Wildman–Crippen MR) is 107 cm³/mol. The Morgan fingerprint density at radius 3 is 2.70 bits per heavy atom. The van der Waals surface area contributed by atoms with Gasteiger partial charge in [0.2, 0.25) is 5.91 Å². The summed E-state index contributed by atoms with van der Waals surface area (Å²) in [6.07, 6.45) is 1.63. The van der Waals surface area contributed by atoms with Gasteiger partial charge in [0.25, 0.3) is 5.22 Å². The number of carbonyl (C=O) groups excluding carboxylic acids is 2. The molecule has 0 fully saturated rings. The third-order valence-electron chi connectivity index (χ3n) is 3.51. The van der Waals surface area contributed by atoms with Crippen molar-refractivity contribution in [3.8, 4) is 11.3 Å². The number of nitrogens with one attached hydrogen (secondary N) is 1. The zero-order valence-electron chi connectivity index (χ0n) is 14.3. The van der Waals surface area contributed by atoms with Crippen molar-refractivity contribution >= 4 is 45.3 Å². The minimum absolute atomic E-state index is 0.150. The number of hydrogen-bond acceptors (Lipinski definition) is 6. The molecule has 1 heterocycles. The number of hydrogen-bond donors (Lipinski definition) is 1. The summed E-state index contributed by atoms with van der Waals surface area (Å²) < 4.78 is 11.3. The van der Waals surface area contributed by atoms with Crippen LogP contribution >= 0.6 is 27.7 Å². The monoisotopic (exact) mass is 446 g/mol. The van der Waals surface area contributed by atoms with Gasteiger partial charge < -0.3 is 14.5 Å². The van der Waals surface area contributed by atoms with Crippen molar-refractivity contribution in [1.82, 2.24) is 4.98 Å². The van der Waals surface area contributed by atoms with E-state index in [0.29, 0.717) is 22.2 Å². The average Bonchev–Trinajstić information content (AvgIpc) is 3.15. The molecule has 0 unspecified atom stereocenters. The zero-order valence-corrected chi connectivity index (χ0v) is 16.7. The van der Waals surface area contributed by atoms with Gasteiger partial charge in [-0.15, -0.1) is 0 Å². The molecule has 1 aromatic heterocycles. The first-order chi connectivity index (χ1) is 13.0. The molecule has 2 aromatic carbocycles. The summed E-state index contributed by atoms with van der Waals surface area (Å²) in [6.45, 7) is 0. The van der Waals surface area contributed by atoms with E-state index in [0.717, 1.165) is 10.0 Å². The molecule has 0 spiro atoms. The normalized spacial score (nSPS) is 10.4. The van der Waals surface area contributed by atoms with E-state index < -0.39 is 5.97 Å². The average molecular weight is 447 g/mol. The van der Waals surface area contributed by atoms with Crippen LogP contribution in [0.15, 0.2) is 68.8 Å². The lowest BCUT2D eigenvalue weighted by Crippen LogP contribution is -2.14. The van der Waals surface area contributed by atoms with Crippen molar-refractivity contribution in [2.45, 2.75) is 5.22 Å². The lowest BCUT2D eigenvalue weighted by atomic mass is 10.2. The predicted octanol–water partition coefficient (Wildman–Crippen LogP) is 4.62. The Hall–Kier alpha value is -2.58. The number of nitrogens with zero attached hydrogens (tertiary/aromatic N) is 1. The van der Waals surface area contributed by atoms with Gasteiger partial charge in [-0.3, -0.25) is 4.79 Å². The first-order valence-electron chi connectivity index (χ1n) is 7.88. The van der Waals surface area contributed by atoms with Crippen LogP contribution in [0.3, 0.4) is 0 Å². The van der Waals surface area contributed by atoms with Crippen molar-refractivity contribution < 1.29 is 18.7 Å². The minimum atomic E-state index is -0.423. The van der Waals surface area contributed by atoms with E-state index in [1.165, 1.54) is 18.9 Å². The number of benzene rings is 2. The van der Waals surface area contributed by atoms with Crippen molar-refractivity contribution in [2.24, 2.45) is 0 Å². The molecule has 27 heavy (non-hydrogen) atoms. The highest BCUT2D eigenvalue weighted by molar-refractivity contribution is 9.10. The van der Waals surface area contributed by atoms with Crippen LogP contribution in [0.1, 0.15) is 10.4 Å². The van der Waals surface area contributed by atoms with Gasteiger partial charge in [0, 0.05) is 15.7 Å². The molecule has 0 saturated heterocycles. The summed E-state index contributed by atoms with van der Waals surface area (Å²) in [6, 6.07) is 14.2. The van der Waals surface area contributed by atoms with Gasteiger partial charge in [-0.25, -0.2) is 9.78 Å². The number of amides is 1. The number of methoxy groups -OCH3 is 1. The third-order valence-corrected chi connectivity index (χ3v) is 4.85. The highest BCUT2D eigenvalue weighted by Crippen LogP contribution is 2.27. The molecular weight excluding hydrogens is 432 g/mol. The van der Waals surface area contributed by atoms with Gasteiger partial charge in [-0.2, -0.15) is 0 Å². The summed E-state index contributed by atoms with van der Waals surface area (Å²) in [7, 11) is 1.32. The molecule has 0 radical (unpaired) electrons. The van der Waals surface area contributed by atoms with Gasteiger partial charge in [-0.05, 0) is 36.4 Å². The molecule has 1 amide bonds. The summed E-state index contributed by atoms with van der Waals surface area (Å²) in [4.78, 5) is 27.7. The standard InChI is InChI=1S/C19H15BrN2O4S/c1-25-18(24)12-5-7-15(8-6-12)22-17(23)11-27-19-21-10-16(26-19)13-3-2-4-14(20)9-13/h2-10H,11H2,1H3,(H,22,23). The van der Waals surface area contributed by atoms with E-state index in [9.17, 15) is 9.59 Å². The number of anilines is 1. The van der Waals surface area contributed by atoms with Crippen LogP contribution in [-0.4, -0.2) is 29.7 Å². The van der Waals surface area contributed by atoms with Crippen molar-refractivity contribution in [2.75, 3.05) is 18.2 Å². The Balaban J connectivity index is 1.54. The van der Waals surface area contributed by atoms with Gasteiger partial charge in [0.1, 0.15) is 0 Å². The van der Waals surface area contributed by atoms with Gasteiger partial charge in [0.15, 0.2) is 5.76 Å². The van der Waals surface area contributed by atoms with E-state index in [4.69, 9.17) is 4.42 Å². The fraction of sp³-hybridized carbons (Fsp3) is 0.105. The summed E-state index contributed by atoms with van der Waals surface area (Å²) in [5.74, 6) is 0.163. The summed E-state index contributed by atoms with van der Waals surface area (Å²) in [5, 5.41) is 3.17. The maximum absolute atomic E-state index is 12.1. The maximum Gasteiger partial charge on any atom is 0.337 e. The molecule has 8 heteroatoms. The van der Waals surface area contributed by atoms with Crippen LogP contribution in [0.4, 0.5) is 5.69 Å². The van der Waals surface area contributed by atoms with Crippen molar-refractivity contribution in [3.05, 3.63) is 64.8 Å². The fourth-order valence-corrected chi connectivity index (χ4v) is 3.23. The molecule has 138 valence electrons. The number of thioether (sulfide) groups is 1. The fourth-order valence-electron chi connectivity index (χ4n) is 2.23. The highest BCUT2D eigenvalue weighted by Gasteiger charge is 2.11. The second-order valence-corrected chi connectivity index (χ2v) is 7.25. The van der Waals surface area contributed by atoms with Crippen LogP contribution < -0.4 is 5.32 Å². The second kappa shape index (κ2) is 8.88. The Bertz CT molecular complexity index is 956. The van der Waals surface area contributed by atoms with E-state index in [1.54, 1.807) is 30.5 Å². The topological polar surface area (TPSA) is 81.4 Å². The summed E-state index contributed by atoms with van der Waals surface area (Å²) >= 11 is 4.62. The third kappa shape index (κ3) is 5.21. The Kier molecular flexibility index (Phi) is 6.31. The maximum atomic E-state index is 12.1. The Labute approximate surface area is 168 Å². The Morgan fingerprint density at radius 1 is 1.22 bits per heavy atom. The minimum Gasteiger partial charge on any atom is -0.465 e. The van der Waals surface area contributed by atoms with E-state index in [-0.39, 0.29) is 11.7 Å². The SMILES string of the molecule is COC(=O)c1ccc(NC(=O)CSc2ncc(-c3cccc(Br)c3)o2)cc1. The van der Waals surface area contributed by atoms with Gasteiger partial charge in [-0.1, -0.05) is 39.8 Å². The van der Waals surface area contributed by atoms with E-state index in [2.05, 4.69) is 31.0 Å². The lowest BCUT2D eigenvalue weighted by Gasteiger charge is -2.05. The number of oxazole rings is 1. The molecule has 0 aliphatic heterocycles. The van der Waals surface area contributed by atoms with Crippen LogP contribution in [0.5, 0.6) is 0 Å². The second-order valence-electron chi connectivity index (χ2n) is 5.41. The van der Waals surface area contributed by atoms with Gasteiger partial charge >= 0.3 is 5.97 Å². The molecule has 6 nitrogen and oxygen atoms in total. The van der Waals surface area contributed by atoms with Crippen molar-refractivity contribution in [3.63, 3.8) is 0 Å². The van der Waals surface area contributed by atoms with Crippen molar-refractivity contribution in [1.29, 1.82) is 0 Å². The quantitative estimate of drug-likeness (QED) is 0.439. The van der Waals surface area contributed by atoms with Gasteiger partial charge in [0.05, 0.1) is 24.6 Å². The molecule has 3 aromatic rings. The number of halogens is 1. The Morgan fingerprint density at radius 2 is 2.00 bits per heavy atom. The van der Waals surface area contributed by atoms with E-state index in [1.807, 2.05) is 24.3 Å². The smallest absolute Gasteiger partial charge is 0.337 e. The number of esters is 1.